The standard InChI is InChI=1S/C50H36N6/c1-5-19-43(20-6-1)55(44-21-7-2-8-22-44)47-31-27-37(28-32-47)39-15-13-17-41(35-39)49-51-53-50(54-52-49)42-18-14-16-40(36-42)38-29-33-48(34-30-38)56(45-23-9-3-10-24-45)46-25-11-4-12-26-46/h1-36H. The molecule has 0 aliphatic rings. The van der Waals surface area contributed by atoms with Crippen molar-refractivity contribution in [1.82, 2.24) is 20.4 Å². The fourth-order valence-corrected chi connectivity index (χ4v) is 6.94. The summed E-state index contributed by atoms with van der Waals surface area (Å²) in [5.74, 6) is 0.944. The number of para-hydroxylation sites is 4. The molecule has 9 aromatic rings. The molecule has 1 heterocycles. The predicted octanol–water partition coefficient (Wildman–Crippen LogP) is 12.9. The van der Waals surface area contributed by atoms with Crippen LogP contribution in [-0.2, 0) is 0 Å². The fraction of sp³-hybridized carbons (Fsp3) is 0. The lowest BCUT2D eigenvalue weighted by atomic mass is 10.0. The van der Waals surface area contributed by atoms with E-state index < -0.39 is 0 Å². The summed E-state index contributed by atoms with van der Waals surface area (Å²) >= 11 is 0. The van der Waals surface area contributed by atoms with Crippen LogP contribution in [0.1, 0.15) is 0 Å². The first-order valence-corrected chi connectivity index (χ1v) is 18.6. The van der Waals surface area contributed by atoms with E-state index in [0.29, 0.717) is 11.6 Å². The van der Waals surface area contributed by atoms with Crippen LogP contribution in [0.4, 0.5) is 34.1 Å². The molecular formula is C50H36N6. The molecule has 0 saturated carbocycles. The zero-order valence-electron chi connectivity index (χ0n) is 30.5. The summed E-state index contributed by atoms with van der Waals surface area (Å²) in [6.07, 6.45) is 0. The normalized spacial score (nSPS) is 10.9. The molecule has 266 valence electrons. The van der Waals surface area contributed by atoms with E-state index in [2.05, 4.69) is 200 Å². The van der Waals surface area contributed by atoms with Crippen LogP contribution in [0.5, 0.6) is 0 Å². The van der Waals surface area contributed by atoms with Gasteiger partial charge in [0.25, 0.3) is 0 Å². The monoisotopic (exact) mass is 720 g/mol. The van der Waals surface area contributed by atoms with Gasteiger partial charge in [-0.3, -0.25) is 0 Å². The molecule has 0 spiro atoms. The zero-order chi connectivity index (χ0) is 37.5. The molecule has 0 fully saturated rings. The maximum absolute atomic E-state index is 4.52. The number of hydrogen-bond donors (Lipinski definition) is 0. The third kappa shape index (κ3) is 7.27. The lowest BCUT2D eigenvalue weighted by molar-refractivity contribution is 0.876. The molecule has 9 rings (SSSR count). The highest BCUT2D eigenvalue weighted by atomic mass is 15.3. The van der Waals surface area contributed by atoms with Crippen LogP contribution in [0.2, 0.25) is 0 Å². The van der Waals surface area contributed by atoms with Crippen LogP contribution < -0.4 is 9.80 Å². The van der Waals surface area contributed by atoms with Gasteiger partial charge in [0.1, 0.15) is 0 Å². The van der Waals surface area contributed by atoms with E-state index in [-0.39, 0.29) is 0 Å². The molecule has 0 N–H and O–H groups in total. The highest BCUT2D eigenvalue weighted by Gasteiger charge is 2.15. The third-order valence-electron chi connectivity index (χ3n) is 9.70. The lowest BCUT2D eigenvalue weighted by Gasteiger charge is -2.25. The third-order valence-corrected chi connectivity index (χ3v) is 9.70. The Hall–Kier alpha value is -7.70. The number of hydrogen-bond acceptors (Lipinski definition) is 6. The highest BCUT2D eigenvalue weighted by molar-refractivity contribution is 5.80. The first-order valence-electron chi connectivity index (χ1n) is 18.6. The molecule has 8 aromatic carbocycles. The first-order chi connectivity index (χ1) is 27.8. The minimum atomic E-state index is 0.472. The Labute approximate surface area is 326 Å². The number of aromatic nitrogens is 4. The molecule has 0 atom stereocenters. The van der Waals surface area contributed by atoms with Gasteiger partial charge in [-0.2, -0.15) is 0 Å². The molecule has 0 saturated heterocycles. The number of nitrogens with zero attached hydrogens (tertiary/aromatic N) is 6. The van der Waals surface area contributed by atoms with Crippen molar-refractivity contribution in [2.24, 2.45) is 0 Å². The minimum absolute atomic E-state index is 0.472. The molecule has 0 aliphatic carbocycles. The van der Waals surface area contributed by atoms with Crippen LogP contribution in [0.3, 0.4) is 0 Å². The second-order valence-electron chi connectivity index (χ2n) is 13.3. The minimum Gasteiger partial charge on any atom is -0.311 e. The summed E-state index contributed by atoms with van der Waals surface area (Å²) < 4.78 is 0. The summed E-state index contributed by atoms with van der Waals surface area (Å²) in [6.45, 7) is 0. The van der Waals surface area contributed by atoms with Crippen molar-refractivity contribution in [1.29, 1.82) is 0 Å². The van der Waals surface area contributed by atoms with Gasteiger partial charge < -0.3 is 9.80 Å². The van der Waals surface area contributed by atoms with Crippen LogP contribution >= 0.6 is 0 Å². The van der Waals surface area contributed by atoms with E-state index in [9.17, 15) is 0 Å². The Morgan fingerprint density at radius 3 is 0.786 bits per heavy atom. The second kappa shape index (κ2) is 15.7. The van der Waals surface area contributed by atoms with Crippen LogP contribution in [0.25, 0.3) is 45.0 Å². The van der Waals surface area contributed by atoms with Crippen molar-refractivity contribution in [3.05, 3.63) is 218 Å². The molecule has 0 unspecified atom stereocenters. The van der Waals surface area contributed by atoms with E-state index >= 15 is 0 Å². The van der Waals surface area contributed by atoms with Crippen LogP contribution in [0.15, 0.2) is 218 Å². The van der Waals surface area contributed by atoms with Gasteiger partial charge in [0, 0.05) is 45.3 Å². The Morgan fingerprint density at radius 2 is 0.482 bits per heavy atom. The average molecular weight is 721 g/mol. The van der Waals surface area contributed by atoms with E-state index in [1.807, 2.05) is 48.5 Å². The van der Waals surface area contributed by atoms with Crippen molar-refractivity contribution in [3.63, 3.8) is 0 Å². The summed E-state index contributed by atoms with van der Waals surface area (Å²) in [4.78, 5) is 4.51. The topological polar surface area (TPSA) is 58.0 Å². The molecule has 6 nitrogen and oxygen atoms in total. The van der Waals surface area contributed by atoms with E-state index in [1.165, 1.54) is 0 Å². The van der Waals surface area contributed by atoms with Gasteiger partial charge in [-0.1, -0.05) is 133 Å². The smallest absolute Gasteiger partial charge is 0.203 e. The Bertz CT molecular complexity index is 2380. The van der Waals surface area contributed by atoms with Crippen molar-refractivity contribution >= 4 is 34.1 Å². The molecule has 0 aliphatic heterocycles. The second-order valence-corrected chi connectivity index (χ2v) is 13.3. The largest absolute Gasteiger partial charge is 0.311 e. The van der Waals surface area contributed by atoms with Gasteiger partial charge in [-0.25, -0.2) is 0 Å². The highest BCUT2D eigenvalue weighted by Crippen LogP contribution is 2.37. The Morgan fingerprint density at radius 1 is 0.214 bits per heavy atom. The lowest BCUT2D eigenvalue weighted by Crippen LogP contribution is -2.09. The molecule has 0 radical (unpaired) electrons. The number of rotatable bonds is 10. The molecule has 0 amide bonds. The molecular weight excluding hydrogens is 685 g/mol. The zero-order valence-corrected chi connectivity index (χ0v) is 30.5. The number of benzene rings is 8. The summed E-state index contributed by atoms with van der Waals surface area (Å²) in [5, 5.41) is 18.1. The molecule has 1 aromatic heterocycles. The summed E-state index contributed by atoms with van der Waals surface area (Å²) in [6, 6.07) is 75.2. The SMILES string of the molecule is c1ccc(N(c2ccccc2)c2ccc(-c3cccc(-c4nnc(-c5cccc(-c6ccc(N(c7ccccc7)c7ccccc7)cc6)c5)nn4)c3)cc2)cc1. The Balaban J connectivity index is 0.934. The van der Waals surface area contributed by atoms with E-state index in [1.54, 1.807) is 0 Å². The van der Waals surface area contributed by atoms with Gasteiger partial charge >= 0.3 is 0 Å². The number of anilines is 6. The van der Waals surface area contributed by atoms with Crippen molar-refractivity contribution in [2.45, 2.75) is 0 Å². The van der Waals surface area contributed by atoms with Gasteiger partial charge in [0.2, 0.25) is 11.6 Å². The molecule has 6 heteroatoms. The predicted molar refractivity (Wildman–Crippen MR) is 229 cm³/mol. The summed E-state index contributed by atoms with van der Waals surface area (Å²) in [5.41, 5.74) is 12.6. The molecule has 56 heavy (non-hydrogen) atoms. The molecule has 0 bridgehead atoms. The maximum atomic E-state index is 4.52. The Kier molecular flexibility index (Phi) is 9.57. The first kappa shape index (κ1) is 34.1. The van der Waals surface area contributed by atoms with Crippen molar-refractivity contribution in [2.75, 3.05) is 9.80 Å². The average Bonchev–Trinajstić information content (AvgIpc) is 3.29. The van der Waals surface area contributed by atoms with Crippen molar-refractivity contribution < 1.29 is 0 Å². The fourth-order valence-electron chi connectivity index (χ4n) is 6.94. The van der Waals surface area contributed by atoms with Crippen LogP contribution in [-0.4, -0.2) is 20.4 Å². The summed E-state index contributed by atoms with van der Waals surface area (Å²) in [7, 11) is 0. The van der Waals surface area contributed by atoms with Gasteiger partial charge in [0.05, 0.1) is 0 Å². The van der Waals surface area contributed by atoms with Gasteiger partial charge in [0.15, 0.2) is 0 Å². The van der Waals surface area contributed by atoms with E-state index in [0.717, 1.165) is 67.5 Å². The van der Waals surface area contributed by atoms with Crippen molar-refractivity contribution in [3.8, 4) is 45.0 Å². The quantitative estimate of drug-likeness (QED) is 0.140. The van der Waals surface area contributed by atoms with Gasteiger partial charge in [-0.05, 0) is 107 Å². The van der Waals surface area contributed by atoms with Crippen LogP contribution in [0, 0.1) is 0 Å². The van der Waals surface area contributed by atoms with Gasteiger partial charge in [-0.15, -0.1) is 20.4 Å². The van der Waals surface area contributed by atoms with E-state index in [4.69, 9.17) is 0 Å². The maximum Gasteiger partial charge on any atom is 0.203 e.